The fourth-order valence-electron chi connectivity index (χ4n) is 5.61. The van der Waals surface area contributed by atoms with Crippen molar-refractivity contribution in [1.29, 1.82) is 0 Å². The molecule has 10 heteroatoms. The number of carbonyl (C=O) groups excluding carboxylic acids is 2. The van der Waals surface area contributed by atoms with E-state index in [-0.39, 0.29) is 46.7 Å². The van der Waals surface area contributed by atoms with Crippen molar-refractivity contribution in [3.05, 3.63) is 106 Å². The molecule has 3 aromatic rings. The standard InChI is InChI=1S/C32H28F6N2O2/c1-30(2,3)21-12-8-18(9-13-21)20-16-24-27(26(41)17-20)28(19-10-14-22(15-11-19)31(33,34)35)40(29(42)32(36,37)38)25-7-5-4-6-23(25)39-24/h4-15,20,28,39H,16-17H2,1-3H3/t20-,28-/m1/s1. The highest BCUT2D eigenvalue weighted by molar-refractivity contribution is 6.07. The number of Topliss-reactive ketones (excluding diaryl/α,β-unsaturated/α-hetero) is 1. The Morgan fingerprint density at radius 2 is 1.36 bits per heavy atom. The first-order valence-corrected chi connectivity index (χ1v) is 13.4. The number of carbonyl (C=O) groups is 2. The van der Waals surface area contributed by atoms with Gasteiger partial charge >= 0.3 is 18.3 Å². The zero-order valence-corrected chi connectivity index (χ0v) is 23.0. The average Bonchev–Trinajstić information content (AvgIpc) is 3.06. The smallest absolute Gasteiger partial charge is 0.357 e. The van der Waals surface area contributed by atoms with E-state index in [0.717, 1.165) is 35.4 Å². The Hall–Kier alpha value is -4.08. The SMILES string of the molecule is CC(C)(C)c1ccc([C@H]2CC(=O)C3=C(C2)Nc2ccccc2N(C(=O)C(F)(F)F)[C@@H]3c2ccc(C(F)(F)F)cc2)cc1. The highest BCUT2D eigenvalue weighted by Gasteiger charge is 2.50. The topological polar surface area (TPSA) is 49.4 Å². The van der Waals surface area contributed by atoms with Crippen molar-refractivity contribution in [3.8, 4) is 0 Å². The van der Waals surface area contributed by atoms with Crippen LogP contribution in [0.15, 0.2) is 84.1 Å². The Bertz CT molecular complexity index is 1550. The normalized spacial score (nSPS) is 19.5. The molecule has 0 saturated heterocycles. The van der Waals surface area contributed by atoms with E-state index in [9.17, 15) is 35.9 Å². The molecule has 220 valence electrons. The molecule has 0 spiro atoms. The minimum absolute atomic E-state index is 0.0447. The minimum Gasteiger partial charge on any atom is -0.357 e. The van der Waals surface area contributed by atoms with Gasteiger partial charge in [0, 0.05) is 17.7 Å². The van der Waals surface area contributed by atoms with Gasteiger partial charge in [-0.25, -0.2) is 0 Å². The lowest BCUT2D eigenvalue weighted by molar-refractivity contribution is -0.170. The van der Waals surface area contributed by atoms with Gasteiger partial charge in [0.05, 0.1) is 23.0 Å². The molecule has 1 heterocycles. The van der Waals surface area contributed by atoms with E-state index < -0.39 is 35.6 Å². The molecule has 0 aromatic heterocycles. The fraction of sp³-hybridized carbons (Fsp3) is 0.312. The maximum atomic E-state index is 14.0. The summed E-state index contributed by atoms with van der Waals surface area (Å²) in [5.41, 5.74) is 1.11. The molecular weight excluding hydrogens is 558 g/mol. The van der Waals surface area contributed by atoms with E-state index in [1.54, 1.807) is 6.07 Å². The van der Waals surface area contributed by atoms with Crippen molar-refractivity contribution < 1.29 is 35.9 Å². The van der Waals surface area contributed by atoms with Crippen molar-refractivity contribution in [2.75, 3.05) is 10.2 Å². The number of nitrogens with zero attached hydrogens (tertiary/aromatic N) is 1. The summed E-state index contributed by atoms with van der Waals surface area (Å²) in [5, 5.41) is 3.12. The number of alkyl halides is 6. The van der Waals surface area contributed by atoms with Crippen LogP contribution in [-0.2, 0) is 21.2 Å². The second-order valence-electron chi connectivity index (χ2n) is 11.6. The summed E-state index contributed by atoms with van der Waals surface area (Å²) >= 11 is 0. The van der Waals surface area contributed by atoms with Crippen molar-refractivity contribution in [2.24, 2.45) is 0 Å². The summed E-state index contributed by atoms with van der Waals surface area (Å²) in [4.78, 5) is 27.3. The minimum atomic E-state index is -5.32. The number of nitrogens with one attached hydrogen (secondary N) is 1. The lowest BCUT2D eigenvalue weighted by atomic mass is 9.77. The number of ketones is 1. The predicted molar refractivity (Wildman–Crippen MR) is 147 cm³/mol. The van der Waals surface area contributed by atoms with Crippen LogP contribution in [0.3, 0.4) is 0 Å². The summed E-state index contributed by atoms with van der Waals surface area (Å²) in [7, 11) is 0. The van der Waals surface area contributed by atoms with Crippen LogP contribution in [0.25, 0.3) is 0 Å². The zero-order chi connectivity index (χ0) is 30.6. The van der Waals surface area contributed by atoms with Gasteiger partial charge in [0.15, 0.2) is 5.78 Å². The van der Waals surface area contributed by atoms with E-state index in [0.29, 0.717) is 10.6 Å². The lowest BCUT2D eigenvalue weighted by Crippen LogP contribution is -2.45. The molecule has 1 aliphatic carbocycles. The van der Waals surface area contributed by atoms with E-state index in [1.165, 1.54) is 18.2 Å². The molecule has 3 aromatic carbocycles. The number of anilines is 2. The molecular formula is C32H28F6N2O2. The molecule has 1 N–H and O–H groups in total. The van der Waals surface area contributed by atoms with Crippen molar-refractivity contribution in [2.45, 2.75) is 63.3 Å². The number of hydrogen-bond acceptors (Lipinski definition) is 3. The highest BCUT2D eigenvalue weighted by atomic mass is 19.4. The van der Waals surface area contributed by atoms with Crippen molar-refractivity contribution in [3.63, 3.8) is 0 Å². The molecule has 0 saturated carbocycles. The number of fused-ring (bicyclic) bond motifs is 1. The van der Waals surface area contributed by atoms with Gasteiger partial charge in [-0.3, -0.25) is 14.5 Å². The second kappa shape index (κ2) is 10.3. The number of allylic oxidation sites excluding steroid dienone is 1. The van der Waals surface area contributed by atoms with Gasteiger partial charge in [-0.1, -0.05) is 69.3 Å². The Kier molecular flexibility index (Phi) is 7.23. The molecule has 4 nitrogen and oxygen atoms in total. The Balaban J connectivity index is 1.67. The summed E-state index contributed by atoms with van der Waals surface area (Å²) in [5.74, 6) is -3.03. The molecule has 1 aliphatic heterocycles. The molecule has 1 amide bonds. The maximum Gasteiger partial charge on any atom is 0.471 e. The van der Waals surface area contributed by atoms with Gasteiger partial charge in [0.25, 0.3) is 0 Å². The molecule has 0 fully saturated rings. The van der Waals surface area contributed by atoms with Crippen LogP contribution in [0.1, 0.15) is 67.8 Å². The van der Waals surface area contributed by atoms with E-state index in [4.69, 9.17) is 0 Å². The van der Waals surface area contributed by atoms with Crippen LogP contribution < -0.4 is 10.2 Å². The average molecular weight is 587 g/mol. The highest BCUT2D eigenvalue weighted by Crippen LogP contribution is 2.48. The third kappa shape index (κ3) is 5.54. The van der Waals surface area contributed by atoms with Crippen LogP contribution in [0, 0.1) is 0 Å². The van der Waals surface area contributed by atoms with Crippen molar-refractivity contribution >= 4 is 23.1 Å². The van der Waals surface area contributed by atoms with E-state index >= 15 is 0 Å². The maximum absolute atomic E-state index is 14.0. The third-order valence-electron chi connectivity index (χ3n) is 7.75. The number of para-hydroxylation sites is 2. The molecule has 0 bridgehead atoms. The zero-order valence-electron chi connectivity index (χ0n) is 23.0. The molecule has 5 rings (SSSR count). The van der Waals surface area contributed by atoms with Crippen LogP contribution in [0.4, 0.5) is 37.7 Å². The van der Waals surface area contributed by atoms with Gasteiger partial charge in [-0.2, -0.15) is 26.3 Å². The van der Waals surface area contributed by atoms with Gasteiger partial charge in [0.2, 0.25) is 0 Å². The van der Waals surface area contributed by atoms with Crippen LogP contribution in [-0.4, -0.2) is 17.9 Å². The van der Waals surface area contributed by atoms with Crippen LogP contribution >= 0.6 is 0 Å². The lowest BCUT2D eigenvalue weighted by Gasteiger charge is -2.35. The molecule has 42 heavy (non-hydrogen) atoms. The molecule has 0 unspecified atom stereocenters. The molecule has 2 atom stereocenters. The molecule has 2 aliphatic rings. The van der Waals surface area contributed by atoms with E-state index in [1.807, 2.05) is 24.3 Å². The summed E-state index contributed by atoms with van der Waals surface area (Å²) < 4.78 is 82.1. The number of hydrogen-bond donors (Lipinski definition) is 1. The Labute approximate surface area is 239 Å². The van der Waals surface area contributed by atoms with Crippen LogP contribution in [0.5, 0.6) is 0 Å². The van der Waals surface area contributed by atoms with Gasteiger partial charge in [-0.15, -0.1) is 0 Å². The fourth-order valence-corrected chi connectivity index (χ4v) is 5.61. The predicted octanol–water partition coefficient (Wildman–Crippen LogP) is 8.47. The number of rotatable bonds is 2. The summed E-state index contributed by atoms with van der Waals surface area (Å²) in [6.45, 7) is 6.22. The first kappa shape index (κ1) is 29.4. The second-order valence-corrected chi connectivity index (χ2v) is 11.6. The van der Waals surface area contributed by atoms with Gasteiger partial charge in [-0.05, 0) is 58.7 Å². The quantitative estimate of drug-likeness (QED) is 0.307. The summed E-state index contributed by atoms with van der Waals surface area (Å²) in [6.07, 6.45) is -9.80. The largest absolute Gasteiger partial charge is 0.471 e. The third-order valence-corrected chi connectivity index (χ3v) is 7.75. The van der Waals surface area contributed by atoms with Crippen LogP contribution in [0.2, 0.25) is 0 Å². The number of benzene rings is 3. The summed E-state index contributed by atoms with van der Waals surface area (Å²) in [6, 6.07) is 15.6. The molecule has 0 radical (unpaired) electrons. The first-order valence-electron chi connectivity index (χ1n) is 13.4. The first-order chi connectivity index (χ1) is 19.6. The van der Waals surface area contributed by atoms with Crippen molar-refractivity contribution in [1.82, 2.24) is 0 Å². The Morgan fingerprint density at radius 1 is 0.786 bits per heavy atom. The monoisotopic (exact) mass is 586 g/mol. The number of halogens is 6. The van der Waals surface area contributed by atoms with Gasteiger partial charge < -0.3 is 5.32 Å². The van der Waals surface area contributed by atoms with E-state index in [2.05, 4.69) is 26.1 Å². The number of amides is 1. The Morgan fingerprint density at radius 3 is 1.93 bits per heavy atom. The van der Waals surface area contributed by atoms with Gasteiger partial charge in [0.1, 0.15) is 0 Å².